The van der Waals surface area contributed by atoms with E-state index >= 15 is 0 Å². The molecule has 0 fully saturated rings. The molecule has 150 valence electrons. The van der Waals surface area contributed by atoms with Gasteiger partial charge in [0.05, 0.1) is 6.04 Å². The zero-order valence-electron chi connectivity index (χ0n) is 15.4. The lowest BCUT2D eigenvalue weighted by molar-refractivity contribution is -0.153. The van der Waals surface area contributed by atoms with Crippen LogP contribution in [0.15, 0.2) is 12.1 Å². The molecule has 26 heavy (non-hydrogen) atoms. The quantitative estimate of drug-likeness (QED) is 0.704. The molecular weight excluding hydrogens is 389 g/mol. The van der Waals surface area contributed by atoms with Crippen LogP contribution in [-0.2, 0) is 11.3 Å². The summed E-state index contributed by atoms with van der Waals surface area (Å²) in [5, 5.41) is 0. The number of hydrogen-bond donors (Lipinski definition) is 1. The van der Waals surface area contributed by atoms with E-state index in [1.54, 1.807) is 44.8 Å². The highest BCUT2D eigenvalue weighted by Crippen LogP contribution is 2.27. The highest BCUT2D eigenvalue weighted by atomic mass is 35.5. The molecule has 1 rings (SSSR count). The van der Waals surface area contributed by atoms with Crippen LogP contribution in [0.1, 0.15) is 23.1 Å². The fourth-order valence-electron chi connectivity index (χ4n) is 2.52. The first-order valence-electron chi connectivity index (χ1n) is 7.84. The number of nitrogens with zero attached hydrogens (tertiary/aromatic N) is 1. The standard InChI is InChI=1S/C17H25F3N2O2S.ClH/c1-11-7-13(8-12(2)15(11)24-10-17(18,19)20)9-22(3)16(23)14(21)5-6-25-4;/h7-8,14H,5-6,9-10,21H2,1-4H3;1H/t14-;/m0./s1. The fourth-order valence-corrected chi connectivity index (χ4v) is 3.01. The van der Waals surface area contributed by atoms with Crippen LogP contribution in [-0.4, -0.2) is 48.7 Å². The van der Waals surface area contributed by atoms with Crippen molar-refractivity contribution >= 4 is 30.1 Å². The van der Waals surface area contributed by atoms with Gasteiger partial charge in [-0.3, -0.25) is 4.79 Å². The zero-order chi connectivity index (χ0) is 19.2. The molecule has 0 aliphatic rings. The second kappa shape index (κ2) is 10.9. The highest BCUT2D eigenvalue weighted by Gasteiger charge is 2.29. The minimum atomic E-state index is -4.38. The number of rotatable bonds is 8. The van der Waals surface area contributed by atoms with Crippen molar-refractivity contribution in [1.29, 1.82) is 0 Å². The van der Waals surface area contributed by atoms with Gasteiger partial charge < -0.3 is 15.4 Å². The Kier molecular flexibility index (Phi) is 10.4. The molecule has 0 spiro atoms. The van der Waals surface area contributed by atoms with E-state index in [1.165, 1.54) is 4.90 Å². The molecule has 1 atom stereocenters. The van der Waals surface area contributed by atoms with Crippen molar-refractivity contribution in [1.82, 2.24) is 4.90 Å². The van der Waals surface area contributed by atoms with Crippen LogP contribution in [0.25, 0.3) is 0 Å². The first-order chi connectivity index (χ1) is 11.5. The Morgan fingerprint density at radius 3 is 2.31 bits per heavy atom. The predicted octanol–water partition coefficient (Wildman–Crippen LogP) is 3.71. The second-order valence-corrected chi connectivity index (χ2v) is 7.03. The van der Waals surface area contributed by atoms with E-state index < -0.39 is 18.8 Å². The van der Waals surface area contributed by atoms with Crippen LogP contribution in [0.4, 0.5) is 13.2 Å². The van der Waals surface area contributed by atoms with Crippen LogP contribution in [0.2, 0.25) is 0 Å². The lowest BCUT2D eigenvalue weighted by Gasteiger charge is -2.22. The Morgan fingerprint density at radius 1 is 1.31 bits per heavy atom. The summed E-state index contributed by atoms with van der Waals surface area (Å²) in [6.45, 7) is 2.40. The molecule has 0 aliphatic heterocycles. The number of amides is 1. The summed E-state index contributed by atoms with van der Waals surface area (Å²) in [4.78, 5) is 13.8. The SMILES string of the molecule is CSCC[C@H](N)C(=O)N(C)Cc1cc(C)c(OCC(F)(F)F)c(C)c1.Cl. The number of thioether (sulfide) groups is 1. The number of carbonyl (C=O) groups excluding carboxylic acids is 1. The van der Waals surface area contributed by atoms with Gasteiger partial charge in [0, 0.05) is 13.6 Å². The van der Waals surface area contributed by atoms with E-state index in [9.17, 15) is 18.0 Å². The lowest BCUT2D eigenvalue weighted by atomic mass is 10.0. The van der Waals surface area contributed by atoms with E-state index in [2.05, 4.69) is 0 Å². The topological polar surface area (TPSA) is 55.6 Å². The number of halogens is 4. The molecule has 0 aromatic heterocycles. The summed E-state index contributed by atoms with van der Waals surface area (Å²) in [7, 11) is 1.67. The van der Waals surface area contributed by atoms with Gasteiger partial charge in [-0.2, -0.15) is 24.9 Å². The van der Waals surface area contributed by atoms with Crippen molar-refractivity contribution in [3.8, 4) is 5.75 Å². The third-order valence-electron chi connectivity index (χ3n) is 3.65. The minimum absolute atomic E-state index is 0. The summed E-state index contributed by atoms with van der Waals surface area (Å²) in [5.41, 5.74) is 7.92. The monoisotopic (exact) mass is 414 g/mol. The van der Waals surface area contributed by atoms with Gasteiger partial charge in [-0.15, -0.1) is 12.4 Å². The van der Waals surface area contributed by atoms with E-state index in [4.69, 9.17) is 10.5 Å². The van der Waals surface area contributed by atoms with E-state index in [0.717, 1.165) is 11.3 Å². The normalized spacial score (nSPS) is 12.3. The van der Waals surface area contributed by atoms with Crippen molar-refractivity contribution in [3.05, 3.63) is 28.8 Å². The van der Waals surface area contributed by atoms with E-state index in [0.29, 0.717) is 24.1 Å². The van der Waals surface area contributed by atoms with Gasteiger partial charge in [0.2, 0.25) is 5.91 Å². The average molecular weight is 415 g/mol. The number of carbonyl (C=O) groups is 1. The van der Waals surface area contributed by atoms with Crippen molar-refractivity contribution in [2.45, 2.75) is 39.0 Å². The van der Waals surface area contributed by atoms with Gasteiger partial charge in [-0.25, -0.2) is 0 Å². The Labute approximate surface area is 163 Å². The van der Waals surface area contributed by atoms with Gasteiger partial charge in [0.1, 0.15) is 5.75 Å². The average Bonchev–Trinajstić information content (AvgIpc) is 2.49. The highest BCUT2D eigenvalue weighted by molar-refractivity contribution is 7.98. The number of ether oxygens (including phenoxy) is 1. The smallest absolute Gasteiger partial charge is 0.422 e. The molecule has 0 bridgehead atoms. The summed E-state index contributed by atoms with van der Waals surface area (Å²) >= 11 is 1.63. The summed E-state index contributed by atoms with van der Waals surface area (Å²) in [6, 6.07) is 2.92. The first-order valence-corrected chi connectivity index (χ1v) is 9.23. The number of aryl methyl sites for hydroxylation is 2. The van der Waals surface area contributed by atoms with Gasteiger partial charge in [0.25, 0.3) is 0 Å². The predicted molar refractivity (Wildman–Crippen MR) is 102 cm³/mol. The van der Waals surface area contributed by atoms with E-state index in [-0.39, 0.29) is 24.1 Å². The van der Waals surface area contributed by atoms with E-state index in [1.807, 2.05) is 6.26 Å². The Morgan fingerprint density at radius 2 is 1.85 bits per heavy atom. The third-order valence-corrected chi connectivity index (χ3v) is 4.29. The van der Waals surface area contributed by atoms with Gasteiger partial charge >= 0.3 is 6.18 Å². The molecule has 1 aromatic carbocycles. The molecule has 0 saturated carbocycles. The number of alkyl halides is 3. The molecule has 0 aliphatic carbocycles. The molecular formula is C17H26ClF3N2O2S. The van der Waals surface area contributed by atoms with Crippen LogP contribution in [0, 0.1) is 13.8 Å². The number of likely N-dealkylation sites (N-methyl/N-ethyl adjacent to an activating group) is 1. The van der Waals surface area contributed by atoms with Crippen molar-refractivity contribution in [3.63, 3.8) is 0 Å². The van der Waals surface area contributed by atoms with Gasteiger partial charge in [-0.1, -0.05) is 12.1 Å². The van der Waals surface area contributed by atoms with Crippen molar-refractivity contribution < 1.29 is 22.7 Å². The summed E-state index contributed by atoms with van der Waals surface area (Å²) in [5.74, 6) is 0.887. The molecule has 0 radical (unpaired) electrons. The van der Waals surface area contributed by atoms with Crippen molar-refractivity contribution in [2.24, 2.45) is 5.73 Å². The number of nitrogens with two attached hydrogens (primary N) is 1. The lowest BCUT2D eigenvalue weighted by Crippen LogP contribution is -2.41. The Bertz CT molecular complexity index is 577. The second-order valence-electron chi connectivity index (χ2n) is 6.04. The molecule has 1 aromatic rings. The molecule has 1 amide bonds. The minimum Gasteiger partial charge on any atom is -0.484 e. The largest absolute Gasteiger partial charge is 0.484 e. The first kappa shape index (κ1) is 24.9. The molecule has 0 heterocycles. The fraction of sp³-hybridized carbons (Fsp3) is 0.588. The third kappa shape index (κ3) is 8.05. The summed E-state index contributed by atoms with van der Waals surface area (Å²) < 4.78 is 41.9. The van der Waals surface area contributed by atoms with Crippen LogP contribution >= 0.6 is 24.2 Å². The van der Waals surface area contributed by atoms with Gasteiger partial charge in [0.15, 0.2) is 6.61 Å². The Balaban J connectivity index is 0.00000625. The van der Waals surface area contributed by atoms with Gasteiger partial charge in [-0.05, 0) is 49.0 Å². The maximum absolute atomic E-state index is 12.3. The zero-order valence-corrected chi connectivity index (χ0v) is 17.0. The summed E-state index contributed by atoms with van der Waals surface area (Å²) in [6.07, 6.45) is -1.82. The molecule has 0 saturated heterocycles. The molecule has 0 unspecified atom stereocenters. The van der Waals surface area contributed by atoms with Crippen LogP contribution in [0.3, 0.4) is 0 Å². The molecule has 9 heteroatoms. The number of hydrogen-bond acceptors (Lipinski definition) is 4. The van der Waals surface area contributed by atoms with Crippen LogP contribution in [0.5, 0.6) is 5.75 Å². The van der Waals surface area contributed by atoms with Crippen molar-refractivity contribution in [2.75, 3.05) is 25.7 Å². The van der Waals surface area contributed by atoms with Crippen LogP contribution < -0.4 is 10.5 Å². The maximum Gasteiger partial charge on any atom is 0.422 e. The molecule has 4 nitrogen and oxygen atoms in total. The Hall–Kier alpha value is -1.12. The molecule has 2 N–H and O–H groups in total. The number of benzene rings is 1. The maximum atomic E-state index is 12.3.